The van der Waals surface area contributed by atoms with Crippen LogP contribution in [-0.2, 0) is 9.59 Å². The molecule has 0 heterocycles. The minimum Gasteiger partial charge on any atom is -0.423 e. The Hall–Kier alpha value is -4.80. The van der Waals surface area contributed by atoms with E-state index in [0.29, 0.717) is 27.6 Å². The lowest BCUT2D eigenvalue weighted by molar-refractivity contribution is -0.136. The third kappa shape index (κ3) is 7.85. The van der Waals surface area contributed by atoms with Crippen LogP contribution in [-0.4, -0.2) is 29.9 Å². The average Bonchev–Trinajstić information content (AvgIpc) is 2.95. The van der Waals surface area contributed by atoms with E-state index < -0.39 is 23.7 Å². The van der Waals surface area contributed by atoms with Crippen molar-refractivity contribution in [1.29, 1.82) is 0 Å². The van der Waals surface area contributed by atoms with Gasteiger partial charge in [-0.3, -0.25) is 14.4 Å². The van der Waals surface area contributed by atoms with E-state index in [9.17, 15) is 19.2 Å². The van der Waals surface area contributed by atoms with Gasteiger partial charge in [0.1, 0.15) is 5.75 Å². The smallest absolute Gasteiger partial charge is 0.343 e. The van der Waals surface area contributed by atoms with Crippen molar-refractivity contribution in [3.63, 3.8) is 0 Å². The quantitative estimate of drug-likeness (QED) is 0.0809. The van der Waals surface area contributed by atoms with Gasteiger partial charge in [-0.1, -0.05) is 39.7 Å². The van der Waals surface area contributed by atoms with Crippen molar-refractivity contribution in [2.75, 3.05) is 10.6 Å². The summed E-state index contributed by atoms with van der Waals surface area (Å²) in [6.07, 6.45) is 1.32. The summed E-state index contributed by atoms with van der Waals surface area (Å²) in [5.41, 5.74) is 3.93. The first kappa shape index (κ1) is 28.2. The van der Waals surface area contributed by atoms with Gasteiger partial charge in [0.2, 0.25) is 0 Å². The van der Waals surface area contributed by atoms with Crippen molar-refractivity contribution in [1.82, 2.24) is 5.43 Å². The third-order valence-electron chi connectivity index (χ3n) is 5.28. The number of hydrazone groups is 1. The number of amides is 3. The highest BCUT2D eigenvalue weighted by Crippen LogP contribution is 2.19. The second-order valence-electron chi connectivity index (χ2n) is 8.13. The maximum atomic E-state index is 12.7. The molecular weight excluding hydrogens is 600 g/mol. The molecule has 0 spiro atoms. The Bertz CT molecular complexity index is 1570. The second-order valence-corrected chi connectivity index (χ2v) is 9.48. The van der Waals surface area contributed by atoms with Crippen molar-refractivity contribution in [2.24, 2.45) is 5.10 Å². The number of benzene rings is 4. The lowest BCUT2D eigenvalue weighted by atomic mass is 10.1. The fourth-order valence-corrected chi connectivity index (χ4v) is 3.68. The molecule has 40 heavy (non-hydrogen) atoms. The molecule has 0 unspecified atom stereocenters. The summed E-state index contributed by atoms with van der Waals surface area (Å²) in [4.78, 5) is 49.6. The van der Waals surface area contributed by atoms with Crippen LogP contribution in [0.2, 0.25) is 5.02 Å². The zero-order valence-corrected chi connectivity index (χ0v) is 22.9. The van der Waals surface area contributed by atoms with Crippen LogP contribution >= 0.6 is 27.5 Å². The highest BCUT2D eigenvalue weighted by atomic mass is 79.9. The van der Waals surface area contributed by atoms with E-state index in [4.69, 9.17) is 16.3 Å². The maximum absolute atomic E-state index is 12.7. The lowest BCUT2D eigenvalue weighted by Gasteiger charge is -2.11. The van der Waals surface area contributed by atoms with Gasteiger partial charge in [0, 0.05) is 15.2 Å². The largest absolute Gasteiger partial charge is 0.423 e. The monoisotopic (exact) mass is 618 g/mol. The fraction of sp³-hybridized carbons (Fsp3) is 0. The van der Waals surface area contributed by atoms with E-state index in [0.717, 1.165) is 4.47 Å². The molecule has 200 valence electrons. The number of anilines is 2. The van der Waals surface area contributed by atoms with Crippen LogP contribution in [0.15, 0.2) is 107 Å². The molecule has 11 heteroatoms. The first-order valence-corrected chi connectivity index (χ1v) is 12.8. The number of ether oxygens (including phenoxy) is 1. The normalized spacial score (nSPS) is 10.6. The summed E-state index contributed by atoms with van der Waals surface area (Å²) in [6, 6.07) is 25.9. The summed E-state index contributed by atoms with van der Waals surface area (Å²) in [7, 11) is 0. The molecule has 0 saturated heterocycles. The summed E-state index contributed by atoms with van der Waals surface area (Å²) in [6.45, 7) is 0. The van der Waals surface area contributed by atoms with Crippen molar-refractivity contribution in [3.8, 4) is 5.75 Å². The van der Waals surface area contributed by atoms with Crippen molar-refractivity contribution >= 4 is 68.8 Å². The Morgan fingerprint density at radius 1 is 0.775 bits per heavy atom. The van der Waals surface area contributed by atoms with Crippen molar-refractivity contribution in [3.05, 3.63) is 123 Å². The van der Waals surface area contributed by atoms with Crippen LogP contribution in [0.25, 0.3) is 0 Å². The van der Waals surface area contributed by atoms with Gasteiger partial charge in [-0.15, -0.1) is 0 Å². The zero-order chi connectivity index (χ0) is 28.5. The highest BCUT2D eigenvalue weighted by Gasteiger charge is 2.18. The molecule has 0 aliphatic carbocycles. The molecule has 3 N–H and O–H groups in total. The fourth-order valence-electron chi connectivity index (χ4n) is 3.29. The number of hydrogen-bond acceptors (Lipinski definition) is 6. The van der Waals surface area contributed by atoms with E-state index in [1.165, 1.54) is 18.3 Å². The Kier molecular flexibility index (Phi) is 9.39. The molecule has 4 aromatic carbocycles. The van der Waals surface area contributed by atoms with E-state index in [1.807, 2.05) is 0 Å². The zero-order valence-electron chi connectivity index (χ0n) is 20.6. The van der Waals surface area contributed by atoms with Gasteiger partial charge < -0.3 is 15.4 Å². The molecule has 0 aliphatic heterocycles. The first-order chi connectivity index (χ1) is 19.3. The van der Waals surface area contributed by atoms with Gasteiger partial charge in [0.05, 0.1) is 23.0 Å². The SMILES string of the molecule is O=C(N/N=C\c1ccc(OC(=O)c2ccc(Br)cc2)cc1)C(=O)Nc1ccccc1C(=O)Nc1ccc(Cl)cc1. The number of carbonyl (C=O) groups is 4. The molecule has 0 saturated carbocycles. The van der Waals surface area contributed by atoms with E-state index in [1.54, 1.807) is 84.9 Å². The van der Waals surface area contributed by atoms with Gasteiger partial charge in [0.15, 0.2) is 0 Å². The topological polar surface area (TPSA) is 126 Å². The second kappa shape index (κ2) is 13.3. The molecule has 0 atom stereocenters. The summed E-state index contributed by atoms with van der Waals surface area (Å²) in [5.74, 6) is -2.71. The average molecular weight is 620 g/mol. The van der Waals surface area contributed by atoms with E-state index >= 15 is 0 Å². The molecule has 0 radical (unpaired) electrons. The van der Waals surface area contributed by atoms with Gasteiger partial charge in [-0.2, -0.15) is 5.10 Å². The van der Waals surface area contributed by atoms with Crippen molar-refractivity contribution in [2.45, 2.75) is 0 Å². The highest BCUT2D eigenvalue weighted by molar-refractivity contribution is 9.10. The minimum absolute atomic E-state index is 0.145. The van der Waals surface area contributed by atoms with Crippen LogP contribution < -0.4 is 20.8 Å². The van der Waals surface area contributed by atoms with Gasteiger partial charge in [0.25, 0.3) is 5.91 Å². The number of hydrogen-bond donors (Lipinski definition) is 3. The number of rotatable bonds is 7. The number of para-hydroxylation sites is 1. The van der Waals surface area contributed by atoms with Crippen LogP contribution in [0.5, 0.6) is 5.75 Å². The molecule has 0 bridgehead atoms. The lowest BCUT2D eigenvalue weighted by Crippen LogP contribution is -2.33. The standard InChI is InChI=1S/C29H20BrClN4O5/c30-20-9-7-19(8-10-20)29(39)40-23-15-5-18(6-16-23)17-32-35-28(38)27(37)34-25-4-2-1-3-24(25)26(36)33-22-13-11-21(31)12-14-22/h1-17H,(H,33,36)(H,34,37)(H,35,38)/b32-17-. The molecule has 4 rings (SSSR count). The minimum atomic E-state index is -1.04. The van der Waals surface area contributed by atoms with Gasteiger partial charge in [-0.05, 0) is 90.5 Å². The Morgan fingerprint density at radius 2 is 1.45 bits per heavy atom. The molecular formula is C29H20BrClN4O5. The van der Waals surface area contributed by atoms with Crippen LogP contribution in [0.1, 0.15) is 26.3 Å². The number of nitrogens with zero attached hydrogens (tertiary/aromatic N) is 1. The number of esters is 1. The summed E-state index contributed by atoms with van der Waals surface area (Å²) < 4.78 is 6.18. The van der Waals surface area contributed by atoms with Crippen LogP contribution in [0.4, 0.5) is 11.4 Å². The Labute approximate surface area is 242 Å². The van der Waals surface area contributed by atoms with Crippen LogP contribution in [0, 0.1) is 0 Å². The first-order valence-electron chi connectivity index (χ1n) is 11.7. The predicted molar refractivity (Wildman–Crippen MR) is 156 cm³/mol. The Morgan fingerprint density at radius 3 is 2.15 bits per heavy atom. The third-order valence-corrected chi connectivity index (χ3v) is 6.06. The number of nitrogens with one attached hydrogen (secondary N) is 3. The summed E-state index contributed by atoms with van der Waals surface area (Å²) >= 11 is 9.18. The van der Waals surface area contributed by atoms with E-state index in [2.05, 4.69) is 37.1 Å². The van der Waals surface area contributed by atoms with Gasteiger partial charge >= 0.3 is 17.8 Å². The predicted octanol–water partition coefficient (Wildman–Crippen LogP) is 5.66. The molecule has 0 fully saturated rings. The molecule has 3 amide bonds. The van der Waals surface area contributed by atoms with Crippen molar-refractivity contribution < 1.29 is 23.9 Å². The molecule has 0 aliphatic rings. The number of halogens is 2. The molecule has 9 nitrogen and oxygen atoms in total. The van der Waals surface area contributed by atoms with Gasteiger partial charge in [-0.25, -0.2) is 10.2 Å². The summed E-state index contributed by atoms with van der Waals surface area (Å²) in [5, 5.41) is 9.43. The number of carbonyl (C=O) groups excluding carboxylic acids is 4. The maximum Gasteiger partial charge on any atom is 0.343 e. The Balaban J connectivity index is 1.30. The molecule has 0 aromatic heterocycles. The molecule has 4 aromatic rings. The van der Waals surface area contributed by atoms with Crippen LogP contribution in [0.3, 0.4) is 0 Å². The van der Waals surface area contributed by atoms with E-state index in [-0.39, 0.29) is 11.3 Å².